The second-order valence-electron chi connectivity index (χ2n) is 6.28. The van der Waals surface area contributed by atoms with Gasteiger partial charge in [0.05, 0.1) is 12.2 Å². The maximum absolute atomic E-state index is 10.5. The minimum atomic E-state index is -0.593. The second-order valence-corrected chi connectivity index (χ2v) is 6.28. The second kappa shape index (κ2) is 4.58. The highest BCUT2D eigenvalue weighted by Gasteiger charge is 2.37. The van der Waals surface area contributed by atoms with Crippen LogP contribution in [0.5, 0.6) is 5.75 Å². The summed E-state index contributed by atoms with van der Waals surface area (Å²) in [5.74, 6) is 0.941. The Balaban J connectivity index is 2.42. The van der Waals surface area contributed by atoms with Crippen LogP contribution in [-0.2, 0) is 11.0 Å². The lowest BCUT2D eigenvalue weighted by Crippen LogP contribution is -2.34. The maximum atomic E-state index is 10.5. The van der Waals surface area contributed by atoms with Crippen molar-refractivity contribution >= 4 is 0 Å². The first-order valence-electron chi connectivity index (χ1n) is 6.87. The fourth-order valence-electron chi connectivity index (χ4n) is 2.49. The average molecular weight is 248 g/mol. The van der Waals surface area contributed by atoms with Crippen LogP contribution in [0.2, 0.25) is 0 Å². The zero-order valence-corrected chi connectivity index (χ0v) is 11.9. The molecule has 18 heavy (non-hydrogen) atoms. The van der Waals surface area contributed by atoms with E-state index >= 15 is 0 Å². The van der Waals surface area contributed by atoms with Crippen LogP contribution >= 0.6 is 0 Å². The lowest BCUT2D eigenvalue weighted by Gasteiger charge is -2.38. The van der Waals surface area contributed by atoms with Gasteiger partial charge in [0.15, 0.2) is 0 Å². The van der Waals surface area contributed by atoms with E-state index in [9.17, 15) is 5.11 Å². The third-order valence-corrected chi connectivity index (χ3v) is 3.81. The number of rotatable bonds is 3. The largest absolute Gasteiger partial charge is 0.494 e. The van der Waals surface area contributed by atoms with Gasteiger partial charge in [0, 0.05) is 0 Å². The van der Waals surface area contributed by atoms with Gasteiger partial charge < -0.3 is 9.84 Å². The van der Waals surface area contributed by atoms with Gasteiger partial charge in [-0.05, 0) is 54.9 Å². The van der Waals surface area contributed by atoms with Crippen molar-refractivity contribution in [2.45, 2.75) is 58.0 Å². The molecule has 1 aliphatic rings. The van der Waals surface area contributed by atoms with Crippen LogP contribution in [0.25, 0.3) is 0 Å². The minimum Gasteiger partial charge on any atom is -0.494 e. The third-order valence-electron chi connectivity index (χ3n) is 3.81. The summed E-state index contributed by atoms with van der Waals surface area (Å²) >= 11 is 0. The van der Waals surface area contributed by atoms with Gasteiger partial charge in [0.1, 0.15) is 5.75 Å². The number of hydrogen-bond donors (Lipinski definition) is 1. The Labute approximate surface area is 110 Å². The Bertz CT molecular complexity index is 425. The quantitative estimate of drug-likeness (QED) is 0.882. The molecule has 0 bridgehead atoms. The molecule has 0 saturated heterocycles. The molecule has 0 heterocycles. The van der Waals surface area contributed by atoms with Crippen molar-refractivity contribution in [2.24, 2.45) is 0 Å². The molecule has 1 saturated carbocycles. The molecule has 0 aromatic heterocycles. The normalized spacial score (nSPS) is 18.3. The first-order chi connectivity index (χ1) is 8.37. The molecule has 1 N–H and O–H groups in total. The van der Waals surface area contributed by atoms with E-state index in [0.29, 0.717) is 6.61 Å². The van der Waals surface area contributed by atoms with Crippen molar-refractivity contribution in [1.29, 1.82) is 0 Å². The third kappa shape index (κ3) is 2.39. The molecule has 1 aliphatic carbocycles. The first-order valence-corrected chi connectivity index (χ1v) is 6.87. The summed E-state index contributed by atoms with van der Waals surface area (Å²) in [5, 5.41) is 10.5. The van der Waals surface area contributed by atoms with Gasteiger partial charge in [0.25, 0.3) is 0 Å². The lowest BCUT2D eigenvalue weighted by molar-refractivity contribution is -0.0389. The predicted octanol–water partition coefficient (Wildman–Crippen LogP) is 3.75. The molecule has 2 nitrogen and oxygen atoms in total. The fraction of sp³-hybridized carbons (Fsp3) is 0.625. The van der Waals surface area contributed by atoms with Gasteiger partial charge >= 0.3 is 0 Å². The molecular formula is C16H24O2. The molecule has 2 heteroatoms. The monoisotopic (exact) mass is 248 g/mol. The molecule has 1 fully saturated rings. The minimum absolute atomic E-state index is 0.0284. The number of aliphatic hydroxyl groups is 1. The van der Waals surface area contributed by atoms with E-state index in [4.69, 9.17) is 4.74 Å². The summed E-state index contributed by atoms with van der Waals surface area (Å²) < 4.78 is 5.70. The lowest BCUT2D eigenvalue weighted by atomic mass is 9.73. The van der Waals surface area contributed by atoms with Crippen LogP contribution in [0.1, 0.15) is 58.1 Å². The van der Waals surface area contributed by atoms with Crippen LogP contribution in [0.3, 0.4) is 0 Å². The van der Waals surface area contributed by atoms with E-state index in [2.05, 4.69) is 26.8 Å². The van der Waals surface area contributed by atoms with Crippen molar-refractivity contribution in [3.8, 4) is 5.75 Å². The Morgan fingerprint density at radius 3 is 2.39 bits per heavy atom. The van der Waals surface area contributed by atoms with Gasteiger partial charge in [-0.2, -0.15) is 0 Å². The standard InChI is InChI=1S/C16H24O2/c1-5-18-14-8-7-12(16(17)9-6-10-16)11-13(14)15(2,3)4/h7-8,11,17H,5-6,9-10H2,1-4H3. The Kier molecular flexibility index (Phi) is 3.41. The molecule has 0 aliphatic heterocycles. The molecule has 0 amide bonds. The Morgan fingerprint density at radius 2 is 1.94 bits per heavy atom. The molecule has 0 unspecified atom stereocenters. The van der Waals surface area contributed by atoms with Gasteiger partial charge in [0.2, 0.25) is 0 Å². The van der Waals surface area contributed by atoms with E-state index in [1.165, 1.54) is 5.56 Å². The summed E-state index contributed by atoms with van der Waals surface area (Å²) in [7, 11) is 0. The number of hydrogen-bond acceptors (Lipinski definition) is 2. The zero-order chi connectivity index (χ0) is 13.4. The van der Waals surface area contributed by atoms with E-state index < -0.39 is 5.60 Å². The van der Waals surface area contributed by atoms with Crippen LogP contribution in [0, 0.1) is 0 Å². The van der Waals surface area contributed by atoms with Crippen molar-refractivity contribution in [3.05, 3.63) is 29.3 Å². The highest BCUT2D eigenvalue weighted by atomic mass is 16.5. The molecular weight excluding hydrogens is 224 g/mol. The Hall–Kier alpha value is -1.02. The van der Waals surface area contributed by atoms with Gasteiger partial charge in [-0.1, -0.05) is 26.8 Å². The van der Waals surface area contributed by atoms with Crippen LogP contribution in [0.4, 0.5) is 0 Å². The van der Waals surface area contributed by atoms with Gasteiger partial charge in [-0.3, -0.25) is 0 Å². The van der Waals surface area contributed by atoms with Crippen LogP contribution < -0.4 is 4.74 Å². The average Bonchev–Trinajstić information content (AvgIpc) is 2.25. The smallest absolute Gasteiger partial charge is 0.123 e. The number of ether oxygens (including phenoxy) is 1. The van der Waals surface area contributed by atoms with Crippen molar-refractivity contribution < 1.29 is 9.84 Å². The molecule has 1 aromatic rings. The van der Waals surface area contributed by atoms with E-state index in [1.54, 1.807) is 0 Å². The van der Waals surface area contributed by atoms with Crippen LogP contribution in [-0.4, -0.2) is 11.7 Å². The summed E-state index contributed by atoms with van der Waals surface area (Å²) in [4.78, 5) is 0. The molecule has 0 radical (unpaired) electrons. The highest BCUT2D eigenvalue weighted by molar-refractivity contribution is 5.43. The maximum Gasteiger partial charge on any atom is 0.123 e. The summed E-state index contributed by atoms with van der Waals surface area (Å²) in [5.41, 5.74) is 1.66. The first kappa shape index (κ1) is 13.4. The number of benzene rings is 1. The fourth-order valence-corrected chi connectivity index (χ4v) is 2.49. The van der Waals surface area contributed by atoms with Gasteiger partial charge in [-0.15, -0.1) is 0 Å². The SMILES string of the molecule is CCOc1ccc(C2(O)CCC2)cc1C(C)(C)C. The molecule has 100 valence electrons. The van der Waals surface area contributed by atoms with E-state index in [1.807, 2.05) is 19.1 Å². The summed E-state index contributed by atoms with van der Waals surface area (Å²) in [6, 6.07) is 6.15. The van der Waals surface area contributed by atoms with Crippen molar-refractivity contribution in [2.75, 3.05) is 6.61 Å². The predicted molar refractivity (Wildman–Crippen MR) is 74.1 cm³/mol. The molecule has 1 aromatic carbocycles. The topological polar surface area (TPSA) is 29.5 Å². The molecule has 0 atom stereocenters. The Morgan fingerprint density at radius 1 is 1.28 bits per heavy atom. The van der Waals surface area contributed by atoms with Gasteiger partial charge in [-0.25, -0.2) is 0 Å². The van der Waals surface area contributed by atoms with E-state index in [0.717, 1.165) is 30.6 Å². The van der Waals surface area contributed by atoms with Crippen molar-refractivity contribution in [3.63, 3.8) is 0 Å². The van der Waals surface area contributed by atoms with Crippen molar-refractivity contribution in [1.82, 2.24) is 0 Å². The molecule has 0 spiro atoms. The summed E-state index contributed by atoms with van der Waals surface area (Å²) in [6.45, 7) is 9.21. The summed E-state index contributed by atoms with van der Waals surface area (Å²) in [6.07, 6.45) is 2.88. The zero-order valence-electron chi connectivity index (χ0n) is 11.9. The van der Waals surface area contributed by atoms with Crippen LogP contribution in [0.15, 0.2) is 18.2 Å². The molecule has 2 rings (SSSR count). The van der Waals surface area contributed by atoms with E-state index in [-0.39, 0.29) is 5.41 Å². The highest BCUT2D eigenvalue weighted by Crippen LogP contribution is 2.43.